The molecule has 2 aromatic heterocycles. The topological polar surface area (TPSA) is 75.5 Å². The number of carbonyl (C=O) groups is 2. The molecule has 7 heteroatoms. The number of nitrogens with one attached hydrogen (secondary N) is 2. The van der Waals surface area contributed by atoms with E-state index in [1.165, 1.54) is 0 Å². The van der Waals surface area contributed by atoms with Gasteiger partial charge in [-0.1, -0.05) is 36.6 Å². The van der Waals surface area contributed by atoms with Crippen molar-refractivity contribution < 1.29 is 9.59 Å². The van der Waals surface area contributed by atoms with Gasteiger partial charge in [-0.2, -0.15) is 0 Å². The molecule has 0 bridgehead atoms. The second kappa shape index (κ2) is 7.64. The zero-order valence-electron chi connectivity index (χ0n) is 15.5. The lowest BCUT2D eigenvalue weighted by atomic mass is 10.2. The largest absolute Gasteiger partial charge is 0.348 e. The molecule has 2 N–H and O–H groups in total. The number of hydrogen-bond donors (Lipinski definition) is 2. The number of benzene rings is 1. The van der Waals surface area contributed by atoms with Crippen molar-refractivity contribution in [2.24, 2.45) is 0 Å². The van der Waals surface area contributed by atoms with Crippen LogP contribution in [0.25, 0.3) is 5.65 Å². The summed E-state index contributed by atoms with van der Waals surface area (Å²) in [7, 11) is 0. The Hall–Kier alpha value is -2.86. The fourth-order valence-corrected chi connectivity index (χ4v) is 3.78. The Morgan fingerprint density at radius 1 is 1.14 bits per heavy atom. The summed E-state index contributed by atoms with van der Waals surface area (Å²) in [5.41, 5.74) is 2.33. The van der Waals surface area contributed by atoms with Crippen LogP contribution in [0.3, 0.4) is 0 Å². The van der Waals surface area contributed by atoms with E-state index in [-0.39, 0.29) is 23.7 Å². The molecule has 0 spiro atoms. The predicted molar refractivity (Wildman–Crippen MR) is 109 cm³/mol. The number of carbonyl (C=O) groups excluding carboxylic acids is 2. The second-order valence-electron chi connectivity index (χ2n) is 7.16. The molecule has 0 atom stereocenters. The van der Waals surface area contributed by atoms with Gasteiger partial charge in [0.1, 0.15) is 5.65 Å². The molecule has 3 aromatic rings. The van der Waals surface area contributed by atoms with Crippen LogP contribution in [0.15, 0.2) is 42.6 Å². The number of halogens is 1. The van der Waals surface area contributed by atoms with Crippen LogP contribution in [0.5, 0.6) is 0 Å². The standard InChI is InChI=1S/C21H21ClN4O2/c1-13-9-10-17-24-19(25-20(27)14-5-4-6-15(22)11-14)18(26(17)12-13)21(28)23-16-7-2-3-8-16/h4-6,9-12,16H,2-3,7-8H2,1H3,(H,23,28)(H,25,27). The molecular weight excluding hydrogens is 376 g/mol. The molecule has 6 nitrogen and oxygen atoms in total. The number of aryl methyl sites for hydroxylation is 1. The minimum absolute atomic E-state index is 0.166. The number of pyridine rings is 1. The fourth-order valence-electron chi connectivity index (χ4n) is 3.59. The van der Waals surface area contributed by atoms with Crippen LogP contribution >= 0.6 is 11.6 Å². The molecule has 2 amide bonds. The number of amides is 2. The van der Waals surface area contributed by atoms with Crippen LogP contribution in [-0.4, -0.2) is 27.2 Å². The average molecular weight is 397 g/mol. The van der Waals surface area contributed by atoms with Crippen LogP contribution in [0.1, 0.15) is 52.1 Å². The van der Waals surface area contributed by atoms with Gasteiger partial charge >= 0.3 is 0 Å². The lowest BCUT2D eigenvalue weighted by molar-refractivity contribution is 0.0933. The van der Waals surface area contributed by atoms with E-state index in [0.717, 1.165) is 31.2 Å². The maximum absolute atomic E-state index is 13.0. The van der Waals surface area contributed by atoms with Crippen molar-refractivity contribution in [3.05, 3.63) is 64.4 Å². The highest BCUT2D eigenvalue weighted by Crippen LogP contribution is 2.23. The van der Waals surface area contributed by atoms with Gasteiger partial charge in [0.25, 0.3) is 11.8 Å². The molecule has 144 valence electrons. The van der Waals surface area contributed by atoms with Crippen LogP contribution in [0.4, 0.5) is 5.82 Å². The van der Waals surface area contributed by atoms with Crippen LogP contribution in [0, 0.1) is 6.92 Å². The highest BCUT2D eigenvalue weighted by molar-refractivity contribution is 6.31. The first kappa shape index (κ1) is 18.5. The van der Waals surface area contributed by atoms with E-state index in [2.05, 4.69) is 15.6 Å². The van der Waals surface area contributed by atoms with Gasteiger partial charge < -0.3 is 10.6 Å². The van der Waals surface area contributed by atoms with Gasteiger partial charge in [-0.25, -0.2) is 4.98 Å². The van der Waals surface area contributed by atoms with Gasteiger partial charge in [-0.15, -0.1) is 0 Å². The molecule has 0 radical (unpaired) electrons. The maximum Gasteiger partial charge on any atom is 0.272 e. The summed E-state index contributed by atoms with van der Waals surface area (Å²) in [6.07, 6.45) is 6.05. The van der Waals surface area contributed by atoms with Gasteiger partial charge in [-0.3, -0.25) is 14.0 Å². The molecular formula is C21H21ClN4O2. The van der Waals surface area contributed by atoms with Crippen molar-refractivity contribution >= 4 is 34.9 Å². The quantitative estimate of drug-likeness (QED) is 0.693. The number of nitrogens with zero attached hydrogens (tertiary/aromatic N) is 2. The van der Waals surface area contributed by atoms with E-state index in [1.807, 2.05) is 25.3 Å². The van der Waals surface area contributed by atoms with Gasteiger partial charge in [0.2, 0.25) is 0 Å². The van der Waals surface area contributed by atoms with E-state index >= 15 is 0 Å². The minimum atomic E-state index is -0.363. The molecule has 0 saturated heterocycles. The first-order valence-corrected chi connectivity index (χ1v) is 9.75. The summed E-state index contributed by atoms with van der Waals surface area (Å²) in [6.45, 7) is 1.95. The zero-order chi connectivity index (χ0) is 19.7. The fraction of sp³-hybridized carbons (Fsp3) is 0.286. The third kappa shape index (κ3) is 3.73. The third-order valence-corrected chi connectivity index (χ3v) is 5.23. The molecule has 1 aromatic carbocycles. The number of hydrogen-bond acceptors (Lipinski definition) is 3. The number of anilines is 1. The molecule has 0 unspecified atom stereocenters. The lowest BCUT2D eigenvalue weighted by Gasteiger charge is -2.13. The summed E-state index contributed by atoms with van der Waals surface area (Å²) in [5, 5.41) is 6.33. The molecule has 4 rings (SSSR count). The normalized spacial score (nSPS) is 14.4. The van der Waals surface area contributed by atoms with Crippen LogP contribution in [0.2, 0.25) is 5.02 Å². The highest BCUT2D eigenvalue weighted by Gasteiger charge is 2.25. The van der Waals surface area contributed by atoms with E-state index < -0.39 is 0 Å². The lowest BCUT2D eigenvalue weighted by Crippen LogP contribution is -2.34. The molecule has 1 aliphatic rings. The average Bonchev–Trinajstić information content (AvgIpc) is 3.28. The Labute approximate surface area is 167 Å². The Bertz CT molecular complexity index is 1050. The first-order chi connectivity index (χ1) is 13.5. The van der Waals surface area contributed by atoms with Gasteiger partial charge in [0.15, 0.2) is 11.5 Å². The molecule has 2 heterocycles. The van der Waals surface area contributed by atoms with E-state index in [4.69, 9.17) is 11.6 Å². The predicted octanol–water partition coefficient (Wildman–Crippen LogP) is 4.22. The smallest absolute Gasteiger partial charge is 0.272 e. The van der Waals surface area contributed by atoms with Gasteiger partial charge in [0.05, 0.1) is 0 Å². The minimum Gasteiger partial charge on any atom is -0.348 e. The Morgan fingerprint density at radius 2 is 1.93 bits per heavy atom. The highest BCUT2D eigenvalue weighted by atomic mass is 35.5. The van der Waals surface area contributed by atoms with E-state index in [1.54, 1.807) is 28.7 Å². The summed E-state index contributed by atoms with van der Waals surface area (Å²) < 4.78 is 1.73. The molecule has 1 fully saturated rings. The molecule has 0 aliphatic heterocycles. The van der Waals surface area contributed by atoms with Crippen molar-refractivity contribution in [2.75, 3.05) is 5.32 Å². The summed E-state index contributed by atoms with van der Waals surface area (Å²) in [6, 6.07) is 10.6. The molecule has 1 aliphatic carbocycles. The van der Waals surface area contributed by atoms with Crippen LogP contribution in [-0.2, 0) is 0 Å². The summed E-state index contributed by atoms with van der Waals surface area (Å²) >= 11 is 5.99. The van der Waals surface area contributed by atoms with Crippen molar-refractivity contribution in [2.45, 2.75) is 38.6 Å². The number of imidazole rings is 1. The monoisotopic (exact) mass is 396 g/mol. The van der Waals surface area contributed by atoms with Crippen molar-refractivity contribution in [1.29, 1.82) is 0 Å². The Morgan fingerprint density at radius 3 is 2.68 bits per heavy atom. The maximum atomic E-state index is 13.0. The van der Waals surface area contributed by atoms with Crippen molar-refractivity contribution in [1.82, 2.24) is 14.7 Å². The van der Waals surface area contributed by atoms with Crippen molar-refractivity contribution in [3.63, 3.8) is 0 Å². The zero-order valence-corrected chi connectivity index (χ0v) is 16.3. The summed E-state index contributed by atoms with van der Waals surface area (Å²) in [4.78, 5) is 30.2. The van der Waals surface area contributed by atoms with Crippen LogP contribution < -0.4 is 10.6 Å². The Balaban J connectivity index is 1.70. The Kier molecular flexibility index (Phi) is 5.05. The molecule has 1 saturated carbocycles. The van der Waals surface area contributed by atoms with E-state index in [9.17, 15) is 9.59 Å². The van der Waals surface area contributed by atoms with Gasteiger partial charge in [-0.05, 0) is 49.6 Å². The first-order valence-electron chi connectivity index (χ1n) is 9.38. The summed E-state index contributed by atoms with van der Waals surface area (Å²) in [5.74, 6) is -0.352. The van der Waals surface area contributed by atoms with Gasteiger partial charge in [0, 0.05) is 22.8 Å². The number of rotatable bonds is 4. The second-order valence-corrected chi connectivity index (χ2v) is 7.60. The number of aromatic nitrogens is 2. The van der Waals surface area contributed by atoms with E-state index in [0.29, 0.717) is 21.9 Å². The third-order valence-electron chi connectivity index (χ3n) is 4.99. The SMILES string of the molecule is Cc1ccc2nc(NC(=O)c3cccc(Cl)c3)c(C(=O)NC3CCCC3)n2c1. The van der Waals surface area contributed by atoms with Crippen molar-refractivity contribution in [3.8, 4) is 0 Å². The molecule has 28 heavy (non-hydrogen) atoms. The number of fused-ring (bicyclic) bond motifs is 1.